The van der Waals surface area contributed by atoms with Crippen LogP contribution in [0.4, 0.5) is 0 Å². The Bertz CT molecular complexity index is 1700. The van der Waals surface area contributed by atoms with E-state index in [1.165, 1.54) is 0 Å². The number of carbonyl (C=O) groups is 1. The van der Waals surface area contributed by atoms with Gasteiger partial charge in [-0.25, -0.2) is 4.68 Å². The van der Waals surface area contributed by atoms with E-state index in [2.05, 4.69) is 81.0 Å². The van der Waals surface area contributed by atoms with Crippen molar-refractivity contribution in [1.29, 1.82) is 0 Å². The van der Waals surface area contributed by atoms with Gasteiger partial charge in [-0.1, -0.05) is 120 Å². The summed E-state index contributed by atoms with van der Waals surface area (Å²) in [7, 11) is 0. The van der Waals surface area contributed by atoms with E-state index in [-0.39, 0.29) is 6.42 Å². The summed E-state index contributed by atoms with van der Waals surface area (Å²) in [6.45, 7) is 0.874. The van der Waals surface area contributed by atoms with E-state index in [1.54, 1.807) is 4.68 Å². The Labute approximate surface area is 244 Å². The first kappa shape index (κ1) is 28.1. The number of aryl methyl sites for hydroxylation is 1. The number of azide groups is 1. The standard InChI is InChI=1S/C34H30N6O2/c35-38-36-22-25-14-18-29(19-15-25)33(27-8-3-1-4-9-27)34(28-10-5-2-6-11-28)30-20-16-26(17-21-30)23-40-24-31(37-39-40)12-7-13-32(41)42/h1-6,8-11,14-21,24H,7,12-13,22-23H2,(H,41,42). The van der Waals surface area contributed by atoms with E-state index in [1.807, 2.05) is 54.7 Å². The molecule has 0 saturated carbocycles. The van der Waals surface area contributed by atoms with Gasteiger partial charge in [0.05, 0.1) is 18.8 Å². The van der Waals surface area contributed by atoms with Gasteiger partial charge in [0.1, 0.15) is 0 Å². The normalized spacial score (nSPS) is 11.4. The number of hydrogen-bond acceptors (Lipinski definition) is 4. The third-order valence-corrected chi connectivity index (χ3v) is 6.93. The lowest BCUT2D eigenvalue weighted by Gasteiger charge is -2.18. The number of benzene rings is 4. The van der Waals surface area contributed by atoms with Crippen molar-refractivity contribution < 1.29 is 9.90 Å². The molecule has 1 aromatic heterocycles. The molecule has 0 aliphatic carbocycles. The van der Waals surface area contributed by atoms with Gasteiger partial charge in [0.25, 0.3) is 0 Å². The quantitative estimate of drug-likeness (QED) is 0.0741. The van der Waals surface area contributed by atoms with Gasteiger partial charge in [0, 0.05) is 17.5 Å². The number of hydrogen-bond donors (Lipinski definition) is 1. The molecule has 42 heavy (non-hydrogen) atoms. The molecule has 5 aromatic rings. The zero-order chi connectivity index (χ0) is 29.1. The highest BCUT2D eigenvalue weighted by molar-refractivity contribution is 6.04. The van der Waals surface area contributed by atoms with Gasteiger partial charge in [0.2, 0.25) is 0 Å². The maximum absolute atomic E-state index is 10.8. The Hall–Kier alpha value is -5.46. The minimum absolute atomic E-state index is 0.121. The predicted molar refractivity (Wildman–Crippen MR) is 163 cm³/mol. The summed E-state index contributed by atoms with van der Waals surface area (Å²) >= 11 is 0. The highest BCUT2D eigenvalue weighted by atomic mass is 16.4. The topological polar surface area (TPSA) is 117 Å². The van der Waals surface area contributed by atoms with Gasteiger partial charge in [-0.05, 0) is 62.9 Å². The second-order valence-electron chi connectivity index (χ2n) is 9.92. The maximum Gasteiger partial charge on any atom is 0.303 e. The molecule has 0 atom stereocenters. The molecule has 4 aromatic carbocycles. The Morgan fingerprint density at radius 1 is 0.762 bits per heavy atom. The van der Waals surface area contributed by atoms with E-state index in [9.17, 15) is 4.79 Å². The number of nitrogens with zero attached hydrogens (tertiary/aromatic N) is 6. The van der Waals surface area contributed by atoms with Crippen LogP contribution in [0.3, 0.4) is 0 Å². The average molecular weight is 555 g/mol. The van der Waals surface area contributed by atoms with Crippen LogP contribution in [-0.2, 0) is 24.3 Å². The molecular formula is C34H30N6O2. The number of carboxylic acid groups (broad SMARTS) is 1. The van der Waals surface area contributed by atoms with E-state index in [0.29, 0.717) is 25.9 Å². The van der Waals surface area contributed by atoms with Crippen LogP contribution in [0.1, 0.15) is 51.9 Å². The van der Waals surface area contributed by atoms with Crippen molar-refractivity contribution in [3.63, 3.8) is 0 Å². The maximum atomic E-state index is 10.8. The van der Waals surface area contributed by atoms with Crippen molar-refractivity contribution in [2.75, 3.05) is 0 Å². The van der Waals surface area contributed by atoms with Crippen LogP contribution >= 0.6 is 0 Å². The third-order valence-electron chi connectivity index (χ3n) is 6.93. The van der Waals surface area contributed by atoms with Crippen molar-refractivity contribution in [1.82, 2.24) is 15.0 Å². The summed E-state index contributed by atoms with van der Waals surface area (Å²) in [6.07, 6.45) is 3.13. The van der Waals surface area contributed by atoms with Crippen LogP contribution in [0.15, 0.2) is 121 Å². The molecule has 8 heteroatoms. The average Bonchev–Trinajstić information content (AvgIpc) is 3.47. The summed E-state index contributed by atoms with van der Waals surface area (Å²) in [6, 6.07) is 37.4. The highest BCUT2D eigenvalue weighted by Crippen LogP contribution is 2.37. The van der Waals surface area contributed by atoms with Gasteiger partial charge in [-0.3, -0.25) is 4.79 Å². The lowest BCUT2D eigenvalue weighted by atomic mass is 9.85. The fourth-order valence-electron chi connectivity index (χ4n) is 4.93. The first-order chi connectivity index (χ1) is 20.6. The van der Waals surface area contributed by atoms with Crippen molar-refractivity contribution in [2.24, 2.45) is 5.11 Å². The number of rotatable bonds is 12. The highest BCUT2D eigenvalue weighted by Gasteiger charge is 2.16. The van der Waals surface area contributed by atoms with Gasteiger partial charge in [0.15, 0.2) is 0 Å². The zero-order valence-electron chi connectivity index (χ0n) is 23.0. The third kappa shape index (κ3) is 7.18. The van der Waals surface area contributed by atoms with Crippen LogP contribution < -0.4 is 0 Å². The molecule has 1 N–H and O–H groups in total. The van der Waals surface area contributed by atoms with Crippen molar-refractivity contribution in [2.45, 2.75) is 32.4 Å². The first-order valence-electron chi connectivity index (χ1n) is 13.8. The molecule has 0 radical (unpaired) electrons. The molecule has 1 heterocycles. The summed E-state index contributed by atoms with van der Waals surface area (Å²) in [4.78, 5) is 13.7. The molecule has 0 aliphatic heterocycles. The minimum atomic E-state index is -0.802. The Morgan fingerprint density at radius 2 is 1.29 bits per heavy atom. The Balaban J connectivity index is 1.52. The lowest BCUT2D eigenvalue weighted by Crippen LogP contribution is -2.01. The predicted octanol–water partition coefficient (Wildman–Crippen LogP) is 7.55. The number of aromatic nitrogens is 3. The minimum Gasteiger partial charge on any atom is -0.481 e. The van der Waals surface area contributed by atoms with Crippen molar-refractivity contribution in [3.8, 4) is 0 Å². The summed E-state index contributed by atoms with van der Waals surface area (Å²) < 4.78 is 1.78. The van der Waals surface area contributed by atoms with Crippen molar-refractivity contribution in [3.05, 3.63) is 165 Å². The van der Waals surface area contributed by atoms with E-state index in [4.69, 9.17) is 10.6 Å². The van der Waals surface area contributed by atoms with Crippen LogP contribution in [-0.4, -0.2) is 26.1 Å². The fraction of sp³-hybridized carbons (Fsp3) is 0.147. The Kier molecular flexibility index (Phi) is 9.19. The lowest BCUT2D eigenvalue weighted by molar-refractivity contribution is -0.137. The summed E-state index contributed by atoms with van der Waals surface area (Å²) in [5, 5.41) is 21.0. The molecular weight excluding hydrogens is 524 g/mol. The molecule has 208 valence electrons. The van der Waals surface area contributed by atoms with Crippen LogP contribution in [0.2, 0.25) is 0 Å². The number of carboxylic acids is 1. The molecule has 5 rings (SSSR count). The largest absolute Gasteiger partial charge is 0.481 e. The number of aliphatic carboxylic acids is 1. The SMILES string of the molecule is [N-]=[N+]=NCc1ccc(C(=C(c2ccccc2)c2ccc(Cn3cc(CCCC(=O)O)nn3)cc2)c2ccccc2)cc1. The summed E-state index contributed by atoms with van der Waals surface area (Å²) in [5.41, 5.74) is 18.1. The van der Waals surface area contributed by atoms with Gasteiger partial charge in [-0.15, -0.1) is 5.10 Å². The van der Waals surface area contributed by atoms with Crippen LogP contribution in [0.25, 0.3) is 21.6 Å². The first-order valence-corrected chi connectivity index (χ1v) is 13.8. The van der Waals surface area contributed by atoms with Gasteiger partial charge in [-0.2, -0.15) is 0 Å². The molecule has 0 amide bonds. The molecule has 0 aliphatic rings. The smallest absolute Gasteiger partial charge is 0.303 e. The zero-order valence-corrected chi connectivity index (χ0v) is 23.0. The molecule has 0 unspecified atom stereocenters. The van der Waals surface area contributed by atoms with Crippen LogP contribution in [0, 0.1) is 0 Å². The van der Waals surface area contributed by atoms with Gasteiger partial charge >= 0.3 is 5.97 Å². The van der Waals surface area contributed by atoms with Crippen LogP contribution in [0.5, 0.6) is 0 Å². The molecule has 0 spiro atoms. The second-order valence-corrected chi connectivity index (χ2v) is 9.92. The molecule has 8 nitrogen and oxygen atoms in total. The monoisotopic (exact) mass is 554 g/mol. The van der Waals surface area contributed by atoms with E-state index in [0.717, 1.165) is 50.2 Å². The summed E-state index contributed by atoms with van der Waals surface area (Å²) in [5.74, 6) is -0.802. The molecule has 0 fully saturated rings. The van der Waals surface area contributed by atoms with E-state index < -0.39 is 5.97 Å². The molecule has 0 bridgehead atoms. The van der Waals surface area contributed by atoms with E-state index >= 15 is 0 Å². The van der Waals surface area contributed by atoms with Crippen molar-refractivity contribution >= 4 is 17.1 Å². The second kappa shape index (κ2) is 13.7. The van der Waals surface area contributed by atoms with Gasteiger partial charge < -0.3 is 5.11 Å². The molecule has 0 saturated heterocycles. The fourth-order valence-corrected chi connectivity index (χ4v) is 4.93. The Morgan fingerprint density at radius 3 is 1.81 bits per heavy atom.